The van der Waals surface area contributed by atoms with E-state index in [0.717, 1.165) is 12.8 Å². The first-order chi connectivity index (χ1) is 8.09. The summed E-state index contributed by atoms with van der Waals surface area (Å²) >= 11 is 6.02. The maximum atomic E-state index is 12.0. The van der Waals surface area contributed by atoms with E-state index in [0.29, 0.717) is 22.5 Å². The van der Waals surface area contributed by atoms with Crippen LogP contribution in [0.5, 0.6) is 0 Å². The first-order valence-electron chi connectivity index (χ1n) is 6.12. The van der Waals surface area contributed by atoms with E-state index >= 15 is 0 Å². The van der Waals surface area contributed by atoms with E-state index in [1.807, 2.05) is 6.92 Å². The van der Waals surface area contributed by atoms with E-state index in [9.17, 15) is 4.79 Å². The van der Waals surface area contributed by atoms with Crippen LogP contribution in [0.1, 0.15) is 43.5 Å². The molecule has 1 aliphatic rings. The Bertz CT molecular complexity index is 422. The topological polar surface area (TPSA) is 46.9 Å². The van der Waals surface area contributed by atoms with Crippen molar-refractivity contribution in [2.24, 2.45) is 0 Å². The van der Waals surface area contributed by atoms with Crippen molar-refractivity contribution in [1.29, 1.82) is 0 Å². The molecule has 1 aromatic rings. The zero-order valence-electron chi connectivity index (χ0n) is 10.3. The van der Waals surface area contributed by atoms with Crippen molar-refractivity contribution in [3.8, 4) is 0 Å². The minimum Gasteiger partial charge on any atom is -0.333 e. The van der Waals surface area contributed by atoms with Crippen LogP contribution in [0.4, 0.5) is 4.79 Å². The molecule has 0 spiro atoms. The number of carbonyl (C=O) groups is 1. The normalized spacial score (nSPS) is 17.1. The molecule has 1 aromatic heterocycles. The monoisotopic (exact) mass is 255 g/mol. The highest BCUT2D eigenvalue weighted by Crippen LogP contribution is 2.20. The van der Waals surface area contributed by atoms with Crippen molar-refractivity contribution in [3.05, 3.63) is 16.4 Å². The summed E-state index contributed by atoms with van der Waals surface area (Å²) in [5, 5.41) is 7.74. The van der Waals surface area contributed by atoms with Gasteiger partial charge in [-0.3, -0.25) is 0 Å². The molecule has 4 nitrogen and oxygen atoms in total. The Morgan fingerprint density at radius 1 is 1.35 bits per heavy atom. The molecule has 1 amide bonds. The van der Waals surface area contributed by atoms with Crippen LogP contribution < -0.4 is 5.32 Å². The minimum atomic E-state index is -0.163. The van der Waals surface area contributed by atoms with Crippen LogP contribution in [0.3, 0.4) is 0 Å². The van der Waals surface area contributed by atoms with Gasteiger partial charge in [-0.05, 0) is 26.7 Å². The SMILES string of the molecule is Cc1nn(C(=O)NC2CCCCC2)c(C)c1Cl. The van der Waals surface area contributed by atoms with Gasteiger partial charge in [0.15, 0.2) is 0 Å². The summed E-state index contributed by atoms with van der Waals surface area (Å²) in [5.41, 5.74) is 1.40. The third kappa shape index (κ3) is 2.63. The van der Waals surface area contributed by atoms with E-state index in [1.54, 1.807) is 6.92 Å². The van der Waals surface area contributed by atoms with Crippen LogP contribution in [0.2, 0.25) is 5.02 Å². The van der Waals surface area contributed by atoms with Gasteiger partial charge in [0, 0.05) is 6.04 Å². The lowest BCUT2D eigenvalue weighted by atomic mass is 9.96. The molecular formula is C12H18ClN3O. The number of carbonyl (C=O) groups excluding carboxylic acids is 1. The number of hydrogen-bond acceptors (Lipinski definition) is 2. The Kier molecular flexibility index (Phi) is 3.72. The van der Waals surface area contributed by atoms with Gasteiger partial charge in [-0.2, -0.15) is 9.78 Å². The van der Waals surface area contributed by atoms with Gasteiger partial charge in [-0.1, -0.05) is 30.9 Å². The third-order valence-electron chi connectivity index (χ3n) is 3.33. The average Bonchev–Trinajstić information content (AvgIpc) is 2.58. The number of aromatic nitrogens is 2. The lowest BCUT2D eigenvalue weighted by Gasteiger charge is -2.22. The number of nitrogens with one attached hydrogen (secondary N) is 1. The standard InChI is InChI=1S/C12H18ClN3O/c1-8-11(13)9(2)16(15-8)12(17)14-10-6-4-3-5-7-10/h10H,3-7H2,1-2H3,(H,14,17). The van der Waals surface area contributed by atoms with Crippen LogP contribution >= 0.6 is 11.6 Å². The Balaban J connectivity index is 2.06. The van der Waals surface area contributed by atoms with Crippen LogP contribution in [0.15, 0.2) is 0 Å². The summed E-state index contributed by atoms with van der Waals surface area (Å²) in [5.74, 6) is 0. The zero-order chi connectivity index (χ0) is 12.4. The van der Waals surface area contributed by atoms with E-state index in [2.05, 4.69) is 10.4 Å². The Morgan fingerprint density at radius 2 is 2.00 bits per heavy atom. The van der Waals surface area contributed by atoms with Gasteiger partial charge in [0.2, 0.25) is 0 Å². The van der Waals surface area contributed by atoms with Gasteiger partial charge in [-0.15, -0.1) is 0 Å². The molecule has 0 aromatic carbocycles. The van der Waals surface area contributed by atoms with Crippen molar-refractivity contribution >= 4 is 17.6 Å². The quantitative estimate of drug-likeness (QED) is 0.838. The van der Waals surface area contributed by atoms with Crippen molar-refractivity contribution in [2.45, 2.75) is 52.0 Å². The van der Waals surface area contributed by atoms with Gasteiger partial charge in [0.05, 0.1) is 16.4 Å². The fourth-order valence-electron chi connectivity index (χ4n) is 2.30. The number of amides is 1. The molecule has 1 aliphatic carbocycles. The van der Waals surface area contributed by atoms with E-state index in [1.165, 1.54) is 23.9 Å². The van der Waals surface area contributed by atoms with Gasteiger partial charge in [-0.25, -0.2) is 4.79 Å². The highest BCUT2D eigenvalue weighted by atomic mass is 35.5. The smallest absolute Gasteiger partial charge is 0.333 e. The minimum absolute atomic E-state index is 0.163. The summed E-state index contributed by atoms with van der Waals surface area (Å²) in [6.45, 7) is 3.61. The van der Waals surface area contributed by atoms with Crippen LogP contribution in [0, 0.1) is 13.8 Å². The van der Waals surface area contributed by atoms with E-state index < -0.39 is 0 Å². The van der Waals surface area contributed by atoms with Crippen molar-refractivity contribution < 1.29 is 4.79 Å². The molecule has 1 fully saturated rings. The summed E-state index contributed by atoms with van der Waals surface area (Å²) in [6.07, 6.45) is 5.81. The summed E-state index contributed by atoms with van der Waals surface area (Å²) in [4.78, 5) is 12.0. The van der Waals surface area contributed by atoms with Crippen LogP contribution in [0.25, 0.3) is 0 Å². The average molecular weight is 256 g/mol. The number of hydrogen-bond donors (Lipinski definition) is 1. The van der Waals surface area contributed by atoms with Crippen molar-refractivity contribution in [1.82, 2.24) is 15.1 Å². The molecule has 1 N–H and O–H groups in total. The predicted octanol–water partition coefficient (Wildman–Crippen LogP) is 3.04. The maximum absolute atomic E-state index is 12.0. The lowest BCUT2D eigenvalue weighted by molar-refractivity contribution is 0.230. The summed E-state index contributed by atoms with van der Waals surface area (Å²) < 4.78 is 1.37. The second-order valence-electron chi connectivity index (χ2n) is 4.68. The zero-order valence-corrected chi connectivity index (χ0v) is 11.0. The van der Waals surface area contributed by atoms with Gasteiger partial charge in [0.1, 0.15) is 0 Å². The van der Waals surface area contributed by atoms with Crippen molar-refractivity contribution in [2.75, 3.05) is 0 Å². The molecule has 0 saturated heterocycles. The second kappa shape index (κ2) is 5.08. The molecule has 0 radical (unpaired) electrons. The molecule has 94 valence electrons. The molecule has 2 rings (SSSR count). The Morgan fingerprint density at radius 3 is 2.53 bits per heavy atom. The predicted molar refractivity (Wildman–Crippen MR) is 67.5 cm³/mol. The highest BCUT2D eigenvalue weighted by Gasteiger charge is 2.19. The Hall–Kier alpha value is -1.03. The van der Waals surface area contributed by atoms with Crippen molar-refractivity contribution in [3.63, 3.8) is 0 Å². The molecule has 0 bridgehead atoms. The fourth-order valence-corrected chi connectivity index (χ4v) is 2.42. The van der Waals surface area contributed by atoms with Gasteiger partial charge in [0.25, 0.3) is 0 Å². The van der Waals surface area contributed by atoms with Crippen LogP contribution in [-0.4, -0.2) is 21.9 Å². The van der Waals surface area contributed by atoms with Crippen LogP contribution in [-0.2, 0) is 0 Å². The number of rotatable bonds is 1. The Labute approximate surface area is 106 Å². The molecule has 0 unspecified atom stereocenters. The number of aryl methyl sites for hydroxylation is 1. The molecule has 1 heterocycles. The molecular weight excluding hydrogens is 238 g/mol. The molecule has 5 heteroatoms. The maximum Gasteiger partial charge on any atom is 0.342 e. The number of nitrogens with zero attached hydrogens (tertiary/aromatic N) is 2. The summed E-state index contributed by atoms with van der Waals surface area (Å²) in [6, 6.07) is 0.128. The molecule has 1 saturated carbocycles. The molecule has 17 heavy (non-hydrogen) atoms. The first-order valence-corrected chi connectivity index (χ1v) is 6.50. The van der Waals surface area contributed by atoms with Gasteiger partial charge < -0.3 is 5.32 Å². The van der Waals surface area contributed by atoms with E-state index in [-0.39, 0.29) is 6.03 Å². The second-order valence-corrected chi connectivity index (χ2v) is 5.06. The lowest BCUT2D eigenvalue weighted by Crippen LogP contribution is -2.39. The summed E-state index contributed by atoms with van der Waals surface area (Å²) in [7, 11) is 0. The van der Waals surface area contributed by atoms with E-state index in [4.69, 9.17) is 11.6 Å². The van der Waals surface area contributed by atoms with Gasteiger partial charge >= 0.3 is 6.03 Å². The third-order valence-corrected chi connectivity index (χ3v) is 3.88. The largest absolute Gasteiger partial charge is 0.342 e. The molecule has 0 aliphatic heterocycles. The fraction of sp³-hybridized carbons (Fsp3) is 0.667. The highest BCUT2D eigenvalue weighted by molar-refractivity contribution is 6.32. The first kappa shape index (κ1) is 12.4. The molecule has 0 atom stereocenters. The number of halogens is 1.